The number of benzene rings is 1. The lowest BCUT2D eigenvalue weighted by Crippen LogP contribution is -2.47. The predicted molar refractivity (Wildman–Crippen MR) is 233 cm³/mol. The second-order valence-electron chi connectivity index (χ2n) is 18.3. The molecule has 4 heterocycles. The summed E-state index contributed by atoms with van der Waals surface area (Å²) >= 11 is 0. The zero-order valence-corrected chi connectivity index (χ0v) is 35.4. The van der Waals surface area contributed by atoms with Gasteiger partial charge in [-0.25, -0.2) is 0 Å². The van der Waals surface area contributed by atoms with Gasteiger partial charge in [-0.2, -0.15) is 0 Å². The van der Waals surface area contributed by atoms with Gasteiger partial charge in [0.2, 0.25) is 0 Å². The molecule has 0 radical (unpaired) electrons. The van der Waals surface area contributed by atoms with E-state index in [1.165, 1.54) is 86.5 Å². The van der Waals surface area contributed by atoms with E-state index in [9.17, 15) is 10.2 Å². The van der Waals surface area contributed by atoms with E-state index in [4.69, 9.17) is 9.73 Å². The molecule has 4 aromatic rings. The summed E-state index contributed by atoms with van der Waals surface area (Å²) in [5.41, 5.74) is 11.7. The number of unbranched alkanes of at least 4 members (excludes halogenated alkanes) is 7. The second kappa shape index (κ2) is 17.9. The van der Waals surface area contributed by atoms with Crippen molar-refractivity contribution in [3.63, 3.8) is 0 Å². The van der Waals surface area contributed by atoms with Gasteiger partial charge in [0.15, 0.2) is 0 Å². The molecular formula is C49H66N6O3. The standard InChI is InChI=1S/C49H66N6O3/c1-32-38(33(2)51-43(32)29-45-46(58-4)30-44(52-45)42-18-14-25-50-42)17-12-13-26-55-31-36(53-54-55)16-11-9-7-5-6-8-10-15-34-27-35-28-37(56)19-20-39(35)40-23-24-49(3)41(48(34)40)21-22-47(49)57/h14,18-20,25,28-31,34,40-41,47-48,50,52,56-57H,5-13,15-17,21-24,26-27H2,1-4H3/b43-29+/t34-,40-,41+,47+,48-,49+/m1/s1. The molecule has 3 aromatic heterocycles. The minimum Gasteiger partial charge on any atom is -0.508 e. The Kier molecular flexibility index (Phi) is 12.4. The molecule has 0 bridgehead atoms. The molecule has 4 N–H and O–H groups in total. The van der Waals surface area contributed by atoms with Gasteiger partial charge in [-0.1, -0.05) is 56.7 Å². The molecule has 0 spiro atoms. The molecule has 9 nitrogen and oxygen atoms in total. The number of aromatic amines is 2. The number of allylic oxidation sites excluding steroid dienone is 2. The number of aromatic nitrogens is 5. The number of ether oxygens (including phenoxy) is 1. The quantitative estimate of drug-likeness (QED) is 0.0748. The number of aliphatic hydroxyl groups excluding tert-OH is 1. The lowest BCUT2D eigenvalue weighted by molar-refractivity contribution is -0.0396. The molecule has 0 unspecified atom stereocenters. The van der Waals surface area contributed by atoms with Gasteiger partial charge < -0.3 is 24.9 Å². The van der Waals surface area contributed by atoms with Crippen molar-refractivity contribution in [2.75, 3.05) is 7.11 Å². The molecule has 8 rings (SSSR count). The van der Waals surface area contributed by atoms with Gasteiger partial charge in [0.1, 0.15) is 11.5 Å². The fourth-order valence-electron chi connectivity index (χ4n) is 11.5. The Morgan fingerprint density at radius 1 is 0.948 bits per heavy atom. The summed E-state index contributed by atoms with van der Waals surface area (Å²) in [6, 6.07) is 12.2. The van der Waals surface area contributed by atoms with Crippen molar-refractivity contribution in [3.8, 4) is 22.9 Å². The van der Waals surface area contributed by atoms with E-state index >= 15 is 0 Å². The zero-order valence-electron chi connectivity index (χ0n) is 35.4. The SMILES string of the molecule is COc1cc(-c2ccc[nH]2)[nH]c1/C=C1/N=C(C)C(CCCCn2cc(CCCCCCCCC[C@@H]3Cc4cc(O)ccc4[C@H]4CC[C@]5(C)[C@@H](O)CC[C@H]5[C@H]34)nn2)=C1C. The summed E-state index contributed by atoms with van der Waals surface area (Å²) in [6.07, 6.45) is 25.9. The topological polar surface area (TPSA) is 124 Å². The summed E-state index contributed by atoms with van der Waals surface area (Å²) in [5.74, 6) is 3.77. The third kappa shape index (κ3) is 8.52. The van der Waals surface area contributed by atoms with E-state index in [1.807, 2.05) is 41.2 Å². The number of aromatic hydroxyl groups is 1. The van der Waals surface area contributed by atoms with Gasteiger partial charge in [0, 0.05) is 30.7 Å². The van der Waals surface area contributed by atoms with Crippen LogP contribution in [0.3, 0.4) is 0 Å². The van der Waals surface area contributed by atoms with Crippen LogP contribution in [-0.4, -0.2) is 54.1 Å². The number of aliphatic imine (C=N–C) groups is 1. The van der Waals surface area contributed by atoms with Crippen molar-refractivity contribution >= 4 is 11.8 Å². The number of nitrogens with one attached hydrogen (secondary N) is 2. The predicted octanol–water partition coefficient (Wildman–Crippen LogP) is 11.1. The minimum absolute atomic E-state index is 0.0857. The third-order valence-electron chi connectivity index (χ3n) is 14.8. The Morgan fingerprint density at radius 2 is 1.76 bits per heavy atom. The highest BCUT2D eigenvalue weighted by Gasteiger charge is 2.56. The Bertz CT molecular complexity index is 2100. The average Bonchev–Trinajstić information content (AvgIpc) is 4.06. The lowest BCUT2D eigenvalue weighted by atomic mass is 9.52. The van der Waals surface area contributed by atoms with Gasteiger partial charge in [-0.05, 0) is 166 Å². The first-order valence-electron chi connectivity index (χ1n) is 22.5. The monoisotopic (exact) mass is 787 g/mol. The summed E-state index contributed by atoms with van der Waals surface area (Å²) < 4.78 is 7.69. The number of aliphatic hydroxyl groups is 1. The number of nitrogens with zero attached hydrogens (tertiary/aromatic N) is 4. The van der Waals surface area contributed by atoms with Crippen LogP contribution in [0.2, 0.25) is 0 Å². The van der Waals surface area contributed by atoms with E-state index < -0.39 is 0 Å². The number of methoxy groups -OCH3 is 1. The molecule has 1 aromatic carbocycles. The maximum atomic E-state index is 11.0. The van der Waals surface area contributed by atoms with Crippen molar-refractivity contribution in [3.05, 3.63) is 88.1 Å². The van der Waals surface area contributed by atoms with Crippen molar-refractivity contribution in [1.82, 2.24) is 25.0 Å². The second-order valence-corrected chi connectivity index (χ2v) is 18.3. The Hall–Kier alpha value is -4.37. The van der Waals surface area contributed by atoms with Gasteiger partial charge in [0.25, 0.3) is 0 Å². The maximum Gasteiger partial charge on any atom is 0.144 e. The fraction of sp³-hybridized carbons (Fsp3) is 0.571. The van der Waals surface area contributed by atoms with Gasteiger partial charge in [-0.15, -0.1) is 5.10 Å². The number of phenols is 1. The number of hydrogen-bond donors (Lipinski definition) is 4. The molecule has 310 valence electrons. The first-order chi connectivity index (χ1) is 28.2. The Morgan fingerprint density at radius 3 is 2.57 bits per heavy atom. The van der Waals surface area contributed by atoms with Crippen LogP contribution in [-0.2, 0) is 19.4 Å². The third-order valence-corrected chi connectivity index (χ3v) is 14.8. The van der Waals surface area contributed by atoms with Crippen LogP contribution < -0.4 is 4.74 Å². The smallest absolute Gasteiger partial charge is 0.144 e. The number of hydrogen-bond acceptors (Lipinski definition) is 6. The number of H-pyrrole nitrogens is 2. The van der Waals surface area contributed by atoms with Gasteiger partial charge in [0.05, 0.1) is 41.7 Å². The zero-order chi connectivity index (χ0) is 40.2. The van der Waals surface area contributed by atoms with Gasteiger partial charge in [-0.3, -0.25) is 9.67 Å². The first kappa shape index (κ1) is 40.4. The molecule has 2 saturated carbocycles. The largest absolute Gasteiger partial charge is 0.508 e. The minimum atomic E-state index is -0.141. The molecule has 58 heavy (non-hydrogen) atoms. The highest BCUT2D eigenvalue weighted by atomic mass is 16.5. The lowest BCUT2D eigenvalue weighted by Gasteiger charge is -2.53. The number of phenolic OH excluding ortho intramolecular Hbond substituents is 1. The molecule has 6 atom stereocenters. The highest BCUT2D eigenvalue weighted by molar-refractivity contribution is 6.03. The van der Waals surface area contributed by atoms with Crippen LogP contribution in [0.25, 0.3) is 17.5 Å². The van der Waals surface area contributed by atoms with Crippen molar-refractivity contribution in [1.29, 1.82) is 0 Å². The summed E-state index contributed by atoms with van der Waals surface area (Å²) in [4.78, 5) is 11.7. The van der Waals surface area contributed by atoms with Crippen LogP contribution >= 0.6 is 0 Å². The first-order valence-corrected chi connectivity index (χ1v) is 22.5. The fourth-order valence-corrected chi connectivity index (χ4v) is 11.5. The number of fused-ring (bicyclic) bond motifs is 5. The van der Waals surface area contributed by atoms with Crippen molar-refractivity contribution in [2.45, 2.75) is 148 Å². The highest BCUT2D eigenvalue weighted by Crippen LogP contribution is 2.62. The summed E-state index contributed by atoms with van der Waals surface area (Å²) in [6.45, 7) is 7.57. The van der Waals surface area contributed by atoms with Crippen molar-refractivity contribution < 1.29 is 14.9 Å². The molecular weight excluding hydrogens is 721 g/mol. The molecule has 4 aliphatic rings. The Labute approximate surface area is 345 Å². The molecule has 3 aliphatic carbocycles. The van der Waals surface area contributed by atoms with Crippen LogP contribution in [0.15, 0.2) is 70.6 Å². The van der Waals surface area contributed by atoms with Crippen molar-refractivity contribution in [2.24, 2.45) is 28.2 Å². The maximum absolute atomic E-state index is 11.0. The molecule has 1 aliphatic heterocycles. The molecule has 0 amide bonds. The number of aryl methyl sites for hydroxylation is 2. The van der Waals surface area contributed by atoms with Crippen LogP contribution in [0, 0.1) is 23.2 Å². The normalized spacial score (nSPS) is 25.9. The van der Waals surface area contributed by atoms with E-state index in [1.54, 1.807) is 7.11 Å². The summed E-state index contributed by atoms with van der Waals surface area (Å²) in [7, 11) is 1.71. The average molecular weight is 787 g/mol. The molecule has 0 saturated heterocycles. The van der Waals surface area contributed by atoms with Crippen LogP contribution in [0.1, 0.15) is 146 Å². The van der Waals surface area contributed by atoms with Crippen LogP contribution in [0.4, 0.5) is 0 Å². The molecule has 2 fully saturated rings. The Balaban J connectivity index is 0.722. The van der Waals surface area contributed by atoms with E-state index in [-0.39, 0.29) is 11.5 Å². The van der Waals surface area contributed by atoms with Crippen LogP contribution in [0.5, 0.6) is 11.5 Å². The van der Waals surface area contributed by atoms with Gasteiger partial charge >= 0.3 is 0 Å². The summed E-state index contributed by atoms with van der Waals surface area (Å²) in [5, 5.41) is 30.2. The number of rotatable bonds is 18. The van der Waals surface area contributed by atoms with E-state index in [2.05, 4.69) is 59.4 Å². The van der Waals surface area contributed by atoms with E-state index in [0.717, 1.165) is 91.4 Å². The molecule has 9 heteroatoms. The van der Waals surface area contributed by atoms with E-state index in [0.29, 0.717) is 29.4 Å².